The Morgan fingerprint density at radius 2 is 1.96 bits per heavy atom. The number of nitrogens with zero attached hydrogens (tertiary/aromatic N) is 2. The Labute approximate surface area is 140 Å². The highest BCUT2D eigenvalue weighted by Gasteiger charge is 2.28. The summed E-state index contributed by atoms with van der Waals surface area (Å²) in [7, 11) is -3.22. The Balaban J connectivity index is 1.69. The number of carbonyl (C=O) groups excluding carboxylic acids is 2. The molecule has 8 nitrogen and oxygen atoms in total. The van der Waals surface area contributed by atoms with Gasteiger partial charge in [0.05, 0.1) is 11.4 Å². The van der Waals surface area contributed by atoms with Crippen LogP contribution in [-0.4, -0.2) is 68.0 Å². The molecule has 0 unspecified atom stereocenters. The number of benzene rings is 1. The lowest BCUT2D eigenvalue weighted by Gasteiger charge is -2.34. The molecule has 0 radical (unpaired) electrons. The molecule has 9 heteroatoms. The van der Waals surface area contributed by atoms with Gasteiger partial charge in [0, 0.05) is 31.7 Å². The lowest BCUT2D eigenvalue weighted by Crippen LogP contribution is -2.50. The van der Waals surface area contributed by atoms with E-state index in [1.165, 1.54) is 4.31 Å². The SMILES string of the molecule is CCS(=O)(=O)N1CCN(C(=O)c2ccc3c(c2)OCC(=O)N3)CC1. The average Bonchev–Trinajstić information content (AvgIpc) is 2.60. The number of rotatable bonds is 3. The minimum absolute atomic E-state index is 0.0643. The van der Waals surface area contributed by atoms with Gasteiger partial charge < -0.3 is 15.0 Å². The number of piperazine rings is 1. The molecule has 0 spiro atoms. The third kappa shape index (κ3) is 3.22. The summed E-state index contributed by atoms with van der Waals surface area (Å²) in [5.41, 5.74) is 0.998. The Kier molecular flexibility index (Phi) is 4.46. The van der Waals surface area contributed by atoms with Crippen LogP contribution in [0.25, 0.3) is 0 Å². The predicted molar refractivity (Wildman–Crippen MR) is 87.5 cm³/mol. The van der Waals surface area contributed by atoms with Crippen molar-refractivity contribution in [1.29, 1.82) is 0 Å². The summed E-state index contributed by atoms with van der Waals surface area (Å²) in [5.74, 6) is 0.129. The second-order valence-electron chi connectivity index (χ2n) is 5.64. The van der Waals surface area contributed by atoms with Gasteiger partial charge in [-0.05, 0) is 25.1 Å². The Bertz CT molecular complexity index is 769. The fourth-order valence-corrected chi connectivity index (χ4v) is 3.83. The molecule has 0 saturated carbocycles. The lowest BCUT2D eigenvalue weighted by molar-refractivity contribution is -0.118. The first kappa shape index (κ1) is 16.7. The van der Waals surface area contributed by atoms with E-state index < -0.39 is 10.0 Å². The number of hydrogen-bond donors (Lipinski definition) is 1. The van der Waals surface area contributed by atoms with Crippen LogP contribution in [0.3, 0.4) is 0 Å². The van der Waals surface area contributed by atoms with E-state index in [9.17, 15) is 18.0 Å². The van der Waals surface area contributed by atoms with Gasteiger partial charge in [-0.25, -0.2) is 8.42 Å². The van der Waals surface area contributed by atoms with E-state index in [0.29, 0.717) is 43.2 Å². The van der Waals surface area contributed by atoms with Crippen LogP contribution in [0.4, 0.5) is 5.69 Å². The van der Waals surface area contributed by atoms with Crippen LogP contribution in [-0.2, 0) is 14.8 Å². The highest BCUT2D eigenvalue weighted by Crippen LogP contribution is 2.29. The van der Waals surface area contributed by atoms with Crippen molar-refractivity contribution in [3.05, 3.63) is 23.8 Å². The number of hydrogen-bond acceptors (Lipinski definition) is 5. The largest absolute Gasteiger partial charge is 0.482 e. The second-order valence-corrected chi connectivity index (χ2v) is 7.90. The number of nitrogens with one attached hydrogen (secondary N) is 1. The van der Waals surface area contributed by atoms with Gasteiger partial charge in [0.15, 0.2) is 6.61 Å². The molecule has 0 atom stereocenters. The zero-order valence-corrected chi connectivity index (χ0v) is 14.1. The maximum atomic E-state index is 12.6. The van der Waals surface area contributed by atoms with Crippen LogP contribution >= 0.6 is 0 Å². The van der Waals surface area contributed by atoms with Crippen LogP contribution < -0.4 is 10.1 Å². The summed E-state index contributed by atoms with van der Waals surface area (Å²) >= 11 is 0. The normalized spacial score (nSPS) is 18.5. The van der Waals surface area contributed by atoms with Crippen molar-refractivity contribution >= 4 is 27.5 Å². The molecule has 0 aromatic heterocycles. The number of fused-ring (bicyclic) bond motifs is 1. The minimum atomic E-state index is -3.22. The second kappa shape index (κ2) is 6.40. The minimum Gasteiger partial charge on any atom is -0.482 e. The highest BCUT2D eigenvalue weighted by atomic mass is 32.2. The maximum Gasteiger partial charge on any atom is 0.262 e. The summed E-state index contributed by atoms with van der Waals surface area (Å²) in [6.07, 6.45) is 0. The van der Waals surface area contributed by atoms with Gasteiger partial charge in [0.25, 0.3) is 11.8 Å². The van der Waals surface area contributed by atoms with E-state index in [0.717, 1.165) is 0 Å². The molecule has 1 aromatic rings. The van der Waals surface area contributed by atoms with Crippen LogP contribution in [0.1, 0.15) is 17.3 Å². The zero-order valence-electron chi connectivity index (χ0n) is 13.3. The van der Waals surface area contributed by atoms with Crippen molar-refractivity contribution in [2.45, 2.75) is 6.92 Å². The first-order chi connectivity index (χ1) is 11.4. The summed E-state index contributed by atoms with van der Waals surface area (Å²) in [4.78, 5) is 25.5. The molecule has 2 amide bonds. The maximum absolute atomic E-state index is 12.6. The third-order valence-electron chi connectivity index (χ3n) is 4.15. The van der Waals surface area contributed by atoms with E-state index >= 15 is 0 Å². The molecule has 2 aliphatic heterocycles. The van der Waals surface area contributed by atoms with Crippen LogP contribution in [0.2, 0.25) is 0 Å². The molecule has 24 heavy (non-hydrogen) atoms. The first-order valence-corrected chi connectivity index (χ1v) is 9.35. The lowest BCUT2D eigenvalue weighted by atomic mass is 10.1. The standard InChI is InChI=1S/C15H19N3O5S/c1-2-24(21,22)18-7-5-17(6-8-18)15(20)11-3-4-12-13(9-11)23-10-14(19)16-12/h3-4,9H,2,5-8,10H2,1H3,(H,16,19). The molecule has 2 aliphatic rings. The van der Waals surface area contributed by atoms with Gasteiger partial charge in [-0.15, -0.1) is 0 Å². The molecule has 1 fully saturated rings. The number of carbonyl (C=O) groups is 2. The summed E-state index contributed by atoms with van der Waals surface area (Å²) in [5, 5.41) is 2.67. The number of sulfonamides is 1. The quantitative estimate of drug-likeness (QED) is 0.833. The predicted octanol–water partition coefficient (Wildman–Crippen LogP) is 0.125. The molecule has 1 N–H and O–H groups in total. The fourth-order valence-electron chi connectivity index (χ4n) is 2.74. The Morgan fingerprint density at radius 1 is 1.25 bits per heavy atom. The zero-order chi connectivity index (χ0) is 17.3. The highest BCUT2D eigenvalue weighted by molar-refractivity contribution is 7.89. The number of amides is 2. The molecule has 130 valence electrons. The van der Waals surface area contributed by atoms with Crippen molar-refractivity contribution in [1.82, 2.24) is 9.21 Å². The molecule has 0 aliphatic carbocycles. The van der Waals surface area contributed by atoms with Crippen molar-refractivity contribution in [3.8, 4) is 5.75 Å². The third-order valence-corrected chi connectivity index (χ3v) is 6.03. The van der Waals surface area contributed by atoms with E-state index in [1.807, 2.05) is 0 Å². The molecule has 0 bridgehead atoms. The van der Waals surface area contributed by atoms with E-state index in [-0.39, 0.29) is 24.2 Å². The molecule has 3 rings (SSSR count). The van der Waals surface area contributed by atoms with Crippen molar-refractivity contribution in [3.63, 3.8) is 0 Å². The number of anilines is 1. The average molecular weight is 353 g/mol. The molecule has 2 heterocycles. The van der Waals surface area contributed by atoms with Gasteiger partial charge in [0.2, 0.25) is 10.0 Å². The summed E-state index contributed by atoms with van der Waals surface area (Å²) in [6.45, 7) is 2.86. The smallest absolute Gasteiger partial charge is 0.262 e. The van der Waals surface area contributed by atoms with Gasteiger partial charge in [-0.2, -0.15) is 4.31 Å². The topological polar surface area (TPSA) is 96.0 Å². The van der Waals surface area contributed by atoms with Crippen LogP contribution in [0, 0.1) is 0 Å². The molecular formula is C15H19N3O5S. The first-order valence-electron chi connectivity index (χ1n) is 7.74. The number of ether oxygens (including phenoxy) is 1. The monoisotopic (exact) mass is 353 g/mol. The van der Waals surface area contributed by atoms with Gasteiger partial charge in [-0.1, -0.05) is 0 Å². The fraction of sp³-hybridized carbons (Fsp3) is 0.467. The van der Waals surface area contributed by atoms with Crippen molar-refractivity contribution in [2.24, 2.45) is 0 Å². The van der Waals surface area contributed by atoms with Crippen molar-refractivity contribution < 1.29 is 22.7 Å². The summed E-state index contributed by atoms with van der Waals surface area (Å²) < 4.78 is 30.5. The Hall–Kier alpha value is -2.13. The van der Waals surface area contributed by atoms with E-state index in [2.05, 4.69) is 5.32 Å². The van der Waals surface area contributed by atoms with Gasteiger partial charge >= 0.3 is 0 Å². The van der Waals surface area contributed by atoms with Gasteiger partial charge in [0.1, 0.15) is 5.75 Å². The Morgan fingerprint density at radius 3 is 2.62 bits per heavy atom. The van der Waals surface area contributed by atoms with E-state index in [1.54, 1.807) is 30.0 Å². The van der Waals surface area contributed by atoms with Crippen LogP contribution in [0.15, 0.2) is 18.2 Å². The molecule has 1 saturated heterocycles. The van der Waals surface area contributed by atoms with Gasteiger partial charge in [-0.3, -0.25) is 9.59 Å². The van der Waals surface area contributed by atoms with Crippen molar-refractivity contribution in [2.75, 3.05) is 43.9 Å². The summed E-state index contributed by atoms with van der Waals surface area (Å²) in [6, 6.07) is 4.87. The van der Waals surface area contributed by atoms with Crippen LogP contribution in [0.5, 0.6) is 5.75 Å². The van der Waals surface area contributed by atoms with E-state index in [4.69, 9.17) is 4.74 Å². The molecular weight excluding hydrogens is 334 g/mol. The molecule has 1 aromatic carbocycles.